The number of aryl methyl sites for hydroxylation is 1. The largest absolute Gasteiger partial charge is 0.286 e. The van der Waals surface area contributed by atoms with E-state index < -0.39 is 0 Å². The summed E-state index contributed by atoms with van der Waals surface area (Å²) in [5, 5.41) is 0.429. The third-order valence-corrected chi connectivity index (χ3v) is 4.32. The Morgan fingerprint density at radius 3 is 2.57 bits per heavy atom. The van der Waals surface area contributed by atoms with E-state index in [1.165, 1.54) is 23.5 Å². The lowest BCUT2D eigenvalue weighted by molar-refractivity contribution is 0.103. The van der Waals surface area contributed by atoms with Crippen LogP contribution < -0.4 is 0 Å². The topological polar surface area (TPSA) is 30.0 Å². The second kappa shape index (κ2) is 5.58. The molecule has 0 saturated carbocycles. The number of carbonyl (C=O) groups excluding carboxylic acids is 1. The Bertz CT molecular complexity index is 796. The van der Waals surface area contributed by atoms with Gasteiger partial charge in [0, 0.05) is 5.56 Å². The molecule has 3 aromatic rings. The van der Waals surface area contributed by atoms with Gasteiger partial charge >= 0.3 is 0 Å². The van der Waals surface area contributed by atoms with E-state index in [2.05, 4.69) is 4.98 Å². The summed E-state index contributed by atoms with van der Waals surface area (Å²) in [6, 6.07) is 15.4. The molecule has 2 nitrogen and oxygen atoms in total. The molecule has 0 aliphatic heterocycles. The molecule has 1 aromatic heterocycles. The molecular weight excluding hydrogens is 285 g/mol. The number of aromatic nitrogens is 1. The van der Waals surface area contributed by atoms with Gasteiger partial charge in [-0.25, -0.2) is 9.37 Å². The van der Waals surface area contributed by atoms with E-state index in [0.29, 0.717) is 10.6 Å². The van der Waals surface area contributed by atoms with E-state index in [4.69, 9.17) is 0 Å². The minimum atomic E-state index is -0.295. The second-order valence-corrected chi connectivity index (χ2v) is 5.64. The van der Waals surface area contributed by atoms with Gasteiger partial charge in [0.1, 0.15) is 5.82 Å². The molecule has 0 amide bonds. The molecule has 0 atom stereocenters. The quantitative estimate of drug-likeness (QED) is 0.667. The number of ketones is 1. The predicted molar refractivity (Wildman–Crippen MR) is 82.1 cm³/mol. The lowest BCUT2D eigenvalue weighted by Crippen LogP contribution is -1.99. The summed E-state index contributed by atoms with van der Waals surface area (Å²) in [5.74, 6) is -0.400. The Hall–Kier alpha value is -2.33. The van der Waals surface area contributed by atoms with Crippen LogP contribution in [0.4, 0.5) is 4.39 Å². The van der Waals surface area contributed by atoms with Gasteiger partial charge in [0.05, 0.1) is 10.6 Å². The highest BCUT2D eigenvalue weighted by molar-refractivity contribution is 7.17. The molecule has 0 unspecified atom stereocenters. The van der Waals surface area contributed by atoms with Crippen LogP contribution in [0.15, 0.2) is 54.6 Å². The SMILES string of the molecule is Cc1nc(C(=O)c2ccccc2)sc1-c1cccc(F)c1. The van der Waals surface area contributed by atoms with Gasteiger partial charge in [-0.1, -0.05) is 42.5 Å². The monoisotopic (exact) mass is 297 g/mol. The zero-order chi connectivity index (χ0) is 14.8. The Morgan fingerprint density at radius 1 is 1.10 bits per heavy atom. The summed E-state index contributed by atoms with van der Waals surface area (Å²) >= 11 is 1.30. The molecule has 104 valence electrons. The number of halogens is 1. The van der Waals surface area contributed by atoms with Gasteiger partial charge in [-0.2, -0.15) is 0 Å². The van der Waals surface area contributed by atoms with Gasteiger partial charge in [0.2, 0.25) is 5.78 Å². The van der Waals surface area contributed by atoms with Crippen molar-refractivity contribution in [1.29, 1.82) is 0 Å². The summed E-state index contributed by atoms with van der Waals surface area (Å²) in [6.45, 7) is 1.83. The highest BCUT2D eigenvalue weighted by atomic mass is 32.1. The number of nitrogens with zero attached hydrogens (tertiary/aromatic N) is 1. The first kappa shape index (κ1) is 13.6. The van der Waals surface area contributed by atoms with Crippen LogP contribution in [-0.2, 0) is 0 Å². The molecule has 0 fully saturated rings. The van der Waals surface area contributed by atoms with E-state index >= 15 is 0 Å². The van der Waals surface area contributed by atoms with Crippen molar-refractivity contribution < 1.29 is 9.18 Å². The molecule has 0 aliphatic rings. The van der Waals surface area contributed by atoms with Crippen molar-refractivity contribution in [3.63, 3.8) is 0 Å². The van der Waals surface area contributed by atoms with Gasteiger partial charge in [-0.3, -0.25) is 4.79 Å². The van der Waals surface area contributed by atoms with Crippen molar-refractivity contribution in [3.8, 4) is 10.4 Å². The van der Waals surface area contributed by atoms with E-state index in [1.807, 2.05) is 31.2 Å². The van der Waals surface area contributed by atoms with Crippen molar-refractivity contribution in [3.05, 3.63) is 76.7 Å². The lowest BCUT2D eigenvalue weighted by atomic mass is 10.1. The molecule has 21 heavy (non-hydrogen) atoms. The van der Waals surface area contributed by atoms with Crippen LogP contribution in [0.2, 0.25) is 0 Å². The first-order valence-corrected chi connectivity index (χ1v) is 7.30. The third kappa shape index (κ3) is 2.76. The maximum Gasteiger partial charge on any atom is 0.221 e. The summed E-state index contributed by atoms with van der Waals surface area (Å²) in [4.78, 5) is 17.6. The van der Waals surface area contributed by atoms with E-state index in [0.717, 1.165) is 16.1 Å². The summed E-state index contributed by atoms with van der Waals surface area (Å²) in [5.41, 5.74) is 2.10. The fourth-order valence-electron chi connectivity index (χ4n) is 2.10. The van der Waals surface area contributed by atoms with Crippen molar-refractivity contribution in [2.75, 3.05) is 0 Å². The van der Waals surface area contributed by atoms with E-state index in [1.54, 1.807) is 18.2 Å². The van der Waals surface area contributed by atoms with Crippen LogP contribution in [0.5, 0.6) is 0 Å². The minimum Gasteiger partial charge on any atom is -0.286 e. The predicted octanol–water partition coefficient (Wildman–Crippen LogP) is 4.49. The summed E-state index contributed by atoms with van der Waals surface area (Å²) in [7, 11) is 0. The van der Waals surface area contributed by atoms with Gasteiger partial charge in [0.15, 0.2) is 5.01 Å². The van der Waals surface area contributed by atoms with Crippen LogP contribution in [0.25, 0.3) is 10.4 Å². The average molecular weight is 297 g/mol. The molecule has 0 radical (unpaired) electrons. The van der Waals surface area contributed by atoms with Gasteiger partial charge in [0.25, 0.3) is 0 Å². The molecule has 0 aliphatic carbocycles. The van der Waals surface area contributed by atoms with Crippen LogP contribution >= 0.6 is 11.3 Å². The first-order valence-electron chi connectivity index (χ1n) is 6.48. The van der Waals surface area contributed by atoms with Crippen LogP contribution in [0, 0.1) is 12.7 Å². The molecule has 4 heteroatoms. The van der Waals surface area contributed by atoms with Crippen molar-refractivity contribution >= 4 is 17.1 Å². The van der Waals surface area contributed by atoms with E-state index in [-0.39, 0.29) is 11.6 Å². The number of benzene rings is 2. The maximum absolute atomic E-state index is 13.3. The Kier molecular flexibility index (Phi) is 3.62. The molecule has 1 heterocycles. The highest BCUT2D eigenvalue weighted by Gasteiger charge is 2.17. The molecule has 2 aromatic carbocycles. The van der Waals surface area contributed by atoms with Gasteiger partial charge in [-0.15, -0.1) is 11.3 Å². The van der Waals surface area contributed by atoms with Crippen molar-refractivity contribution in [1.82, 2.24) is 4.98 Å². The zero-order valence-corrected chi connectivity index (χ0v) is 12.2. The number of carbonyl (C=O) groups is 1. The molecule has 0 bridgehead atoms. The molecule has 3 rings (SSSR count). The van der Waals surface area contributed by atoms with Crippen LogP contribution in [-0.4, -0.2) is 10.8 Å². The van der Waals surface area contributed by atoms with Gasteiger partial charge in [-0.05, 0) is 24.6 Å². The first-order chi connectivity index (χ1) is 10.1. The average Bonchev–Trinajstić information content (AvgIpc) is 2.89. The number of hydrogen-bond donors (Lipinski definition) is 0. The minimum absolute atomic E-state index is 0.105. The molecule has 0 spiro atoms. The number of hydrogen-bond acceptors (Lipinski definition) is 3. The summed E-state index contributed by atoms with van der Waals surface area (Å²) in [6.07, 6.45) is 0. The maximum atomic E-state index is 13.3. The standard InChI is InChI=1S/C17H12FNOS/c1-11-16(13-8-5-9-14(18)10-13)21-17(19-11)15(20)12-6-3-2-4-7-12/h2-10H,1H3. The van der Waals surface area contributed by atoms with Crippen molar-refractivity contribution in [2.24, 2.45) is 0 Å². The van der Waals surface area contributed by atoms with Gasteiger partial charge < -0.3 is 0 Å². The van der Waals surface area contributed by atoms with Crippen molar-refractivity contribution in [2.45, 2.75) is 6.92 Å². The van der Waals surface area contributed by atoms with Crippen LogP contribution in [0.1, 0.15) is 21.1 Å². The summed E-state index contributed by atoms with van der Waals surface area (Å²) < 4.78 is 13.3. The Labute approximate surface area is 125 Å². The van der Waals surface area contributed by atoms with E-state index in [9.17, 15) is 9.18 Å². The second-order valence-electron chi connectivity index (χ2n) is 4.64. The van der Waals surface area contributed by atoms with Crippen LogP contribution in [0.3, 0.4) is 0 Å². The lowest BCUT2D eigenvalue weighted by Gasteiger charge is -1.98. The molecular formula is C17H12FNOS. The smallest absolute Gasteiger partial charge is 0.221 e. The Balaban J connectivity index is 2.00. The zero-order valence-electron chi connectivity index (χ0n) is 11.3. The number of thiazole rings is 1. The normalized spacial score (nSPS) is 10.6. The highest BCUT2D eigenvalue weighted by Crippen LogP contribution is 2.31. The molecule has 0 N–H and O–H groups in total. The third-order valence-electron chi connectivity index (χ3n) is 3.11. The Morgan fingerprint density at radius 2 is 1.86 bits per heavy atom. The molecule has 0 saturated heterocycles. The fraction of sp³-hybridized carbons (Fsp3) is 0.0588. The fourth-order valence-corrected chi connectivity index (χ4v) is 3.13. The number of rotatable bonds is 3.